The summed E-state index contributed by atoms with van der Waals surface area (Å²) in [5.74, 6) is -1.24. The molecule has 9 nitrogen and oxygen atoms in total. The Kier molecular flexibility index (Phi) is 4.62. The van der Waals surface area contributed by atoms with Crippen LogP contribution in [-0.2, 0) is 0 Å². The quantitative estimate of drug-likeness (QED) is 0.412. The summed E-state index contributed by atoms with van der Waals surface area (Å²) in [6, 6.07) is 9.99. The second-order valence-corrected chi connectivity index (χ2v) is 5.34. The number of hydrogen-bond acceptors (Lipinski definition) is 6. The van der Waals surface area contributed by atoms with E-state index in [1.54, 1.807) is 0 Å². The van der Waals surface area contributed by atoms with Crippen LogP contribution in [0.3, 0.4) is 0 Å². The molecular formula is C17H11FN4O5. The van der Waals surface area contributed by atoms with Crippen LogP contribution >= 0.6 is 0 Å². The van der Waals surface area contributed by atoms with Crippen LogP contribution in [0.2, 0.25) is 0 Å². The minimum absolute atomic E-state index is 0.125. The van der Waals surface area contributed by atoms with Gasteiger partial charge >= 0.3 is 5.69 Å². The molecule has 0 spiro atoms. The smallest absolute Gasteiger partial charge is 0.335 e. The molecule has 2 aromatic carbocycles. The van der Waals surface area contributed by atoms with Gasteiger partial charge in [0.15, 0.2) is 0 Å². The second-order valence-electron chi connectivity index (χ2n) is 5.34. The Bertz CT molecular complexity index is 1170. The van der Waals surface area contributed by atoms with E-state index in [1.807, 2.05) is 4.98 Å². The molecule has 1 aromatic heterocycles. The number of halogens is 1. The van der Waals surface area contributed by atoms with E-state index in [9.17, 15) is 29.2 Å². The maximum absolute atomic E-state index is 13.1. The van der Waals surface area contributed by atoms with Crippen LogP contribution in [0.1, 0.15) is 5.56 Å². The van der Waals surface area contributed by atoms with Crippen LogP contribution in [-0.4, -0.2) is 25.8 Å². The van der Waals surface area contributed by atoms with Gasteiger partial charge in [0.1, 0.15) is 11.4 Å². The molecule has 0 saturated heterocycles. The van der Waals surface area contributed by atoms with Crippen LogP contribution < -0.4 is 11.2 Å². The summed E-state index contributed by atoms with van der Waals surface area (Å²) < 4.78 is 13.8. The highest BCUT2D eigenvalue weighted by atomic mass is 19.1. The fourth-order valence-corrected chi connectivity index (χ4v) is 2.31. The zero-order valence-corrected chi connectivity index (χ0v) is 13.5. The summed E-state index contributed by atoms with van der Waals surface area (Å²) >= 11 is 0. The van der Waals surface area contributed by atoms with Crippen molar-refractivity contribution < 1.29 is 14.4 Å². The zero-order chi connectivity index (χ0) is 19.6. The number of benzene rings is 2. The molecule has 0 aliphatic carbocycles. The SMILES string of the molecule is O=c1[nH]c(=O)n(-c2ccc(F)cc2)c(O)c1C=Nc1cccc([N+](=O)[O-])c1. The summed E-state index contributed by atoms with van der Waals surface area (Å²) in [6.45, 7) is 0. The van der Waals surface area contributed by atoms with Crippen LogP contribution in [0.15, 0.2) is 63.1 Å². The van der Waals surface area contributed by atoms with Gasteiger partial charge in [0.05, 0.1) is 16.3 Å². The Balaban J connectivity index is 2.09. The molecule has 136 valence electrons. The van der Waals surface area contributed by atoms with Gasteiger partial charge in [0.25, 0.3) is 11.2 Å². The first kappa shape index (κ1) is 17.7. The van der Waals surface area contributed by atoms with E-state index >= 15 is 0 Å². The molecule has 10 heteroatoms. The molecule has 0 radical (unpaired) electrons. The Morgan fingerprint density at radius 2 is 1.89 bits per heavy atom. The Morgan fingerprint density at radius 1 is 1.19 bits per heavy atom. The average Bonchev–Trinajstić information content (AvgIpc) is 2.63. The number of aromatic amines is 1. The van der Waals surface area contributed by atoms with E-state index in [-0.39, 0.29) is 22.6 Å². The van der Waals surface area contributed by atoms with Gasteiger partial charge < -0.3 is 5.11 Å². The Hall–Kier alpha value is -4.08. The zero-order valence-electron chi connectivity index (χ0n) is 13.5. The standard InChI is InChI=1S/C17H11FN4O5/c18-10-4-6-12(7-5-10)21-16(24)14(15(23)20-17(21)25)9-19-11-2-1-3-13(8-11)22(26)27/h1-9,24H,(H,20,23,25). The van der Waals surface area contributed by atoms with Gasteiger partial charge in [-0.1, -0.05) is 6.07 Å². The first-order valence-electron chi connectivity index (χ1n) is 7.49. The van der Waals surface area contributed by atoms with Crippen LogP contribution in [0.4, 0.5) is 15.8 Å². The number of aliphatic imine (C=N–C) groups is 1. The highest BCUT2D eigenvalue weighted by Gasteiger charge is 2.14. The van der Waals surface area contributed by atoms with Gasteiger partial charge in [-0.05, 0) is 30.3 Å². The van der Waals surface area contributed by atoms with E-state index in [1.165, 1.54) is 36.4 Å². The molecule has 0 atom stereocenters. The number of H-pyrrole nitrogens is 1. The van der Waals surface area contributed by atoms with Gasteiger partial charge in [-0.3, -0.25) is 24.9 Å². The number of nitro groups is 1. The largest absolute Gasteiger partial charge is 0.493 e. The summed E-state index contributed by atoms with van der Waals surface area (Å²) in [5.41, 5.74) is -2.06. The lowest BCUT2D eigenvalue weighted by Crippen LogP contribution is -2.31. The van der Waals surface area contributed by atoms with Crippen molar-refractivity contribution in [2.24, 2.45) is 4.99 Å². The molecule has 0 unspecified atom stereocenters. The predicted molar refractivity (Wildman–Crippen MR) is 94.6 cm³/mol. The Morgan fingerprint density at radius 3 is 2.56 bits per heavy atom. The minimum atomic E-state index is -0.920. The highest BCUT2D eigenvalue weighted by molar-refractivity contribution is 5.84. The number of non-ortho nitro benzene ring substituents is 1. The number of nitrogens with zero attached hydrogens (tertiary/aromatic N) is 3. The molecule has 27 heavy (non-hydrogen) atoms. The summed E-state index contributed by atoms with van der Waals surface area (Å²) in [6.07, 6.45) is 0.979. The molecule has 0 aliphatic heterocycles. The summed E-state index contributed by atoms with van der Waals surface area (Å²) in [4.78, 5) is 40.2. The lowest BCUT2D eigenvalue weighted by molar-refractivity contribution is -0.384. The lowest BCUT2D eigenvalue weighted by Gasteiger charge is -2.09. The average molecular weight is 370 g/mol. The third-order valence-corrected chi connectivity index (χ3v) is 3.59. The number of hydrogen-bond donors (Lipinski definition) is 2. The van der Waals surface area contributed by atoms with E-state index in [0.717, 1.165) is 22.9 Å². The van der Waals surface area contributed by atoms with Crippen molar-refractivity contribution in [2.75, 3.05) is 0 Å². The molecule has 3 aromatic rings. The van der Waals surface area contributed by atoms with Crippen LogP contribution in [0.5, 0.6) is 5.88 Å². The molecule has 0 bridgehead atoms. The predicted octanol–water partition coefficient (Wildman–Crippen LogP) is 2.03. The third-order valence-electron chi connectivity index (χ3n) is 3.59. The first-order chi connectivity index (χ1) is 12.9. The molecule has 1 heterocycles. The van der Waals surface area contributed by atoms with Crippen LogP contribution in [0, 0.1) is 15.9 Å². The number of nitrogens with one attached hydrogen (secondary N) is 1. The fraction of sp³-hybridized carbons (Fsp3) is 0. The monoisotopic (exact) mass is 370 g/mol. The van der Waals surface area contributed by atoms with E-state index < -0.39 is 27.9 Å². The lowest BCUT2D eigenvalue weighted by atomic mass is 10.2. The van der Waals surface area contributed by atoms with Crippen molar-refractivity contribution in [1.82, 2.24) is 9.55 Å². The maximum Gasteiger partial charge on any atom is 0.335 e. The van der Waals surface area contributed by atoms with Gasteiger partial charge in [-0.15, -0.1) is 0 Å². The van der Waals surface area contributed by atoms with E-state index in [2.05, 4.69) is 4.99 Å². The molecular weight excluding hydrogens is 359 g/mol. The minimum Gasteiger partial charge on any atom is -0.493 e. The number of aromatic nitrogens is 2. The van der Waals surface area contributed by atoms with E-state index in [0.29, 0.717) is 0 Å². The number of nitro benzene ring substituents is 1. The van der Waals surface area contributed by atoms with Gasteiger partial charge in [-0.2, -0.15) is 0 Å². The van der Waals surface area contributed by atoms with Gasteiger partial charge in [0.2, 0.25) is 5.88 Å². The molecule has 0 fully saturated rings. The molecule has 0 aliphatic rings. The molecule has 0 saturated carbocycles. The fourth-order valence-electron chi connectivity index (χ4n) is 2.31. The van der Waals surface area contributed by atoms with Crippen molar-refractivity contribution in [1.29, 1.82) is 0 Å². The van der Waals surface area contributed by atoms with Crippen molar-refractivity contribution in [3.05, 3.63) is 90.9 Å². The van der Waals surface area contributed by atoms with Gasteiger partial charge in [0, 0.05) is 18.3 Å². The second kappa shape index (κ2) is 7.04. The topological polar surface area (TPSA) is 131 Å². The molecule has 0 amide bonds. The third kappa shape index (κ3) is 3.63. The van der Waals surface area contributed by atoms with Crippen molar-refractivity contribution >= 4 is 17.6 Å². The summed E-state index contributed by atoms with van der Waals surface area (Å²) in [5, 5.41) is 21.1. The highest BCUT2D eigenvalue weighted by Crippen LogP contribution is 2.20. The molecule has 2 N–H and O–H groups in total. The first-order valence-corrected chi connectivity index (χ1v) is 7.49. The number of aromatic hydroxyl groups is 1. The summed E-state index contributed by atoms with van der Waals surface area (Å²) in [7, 11) is 0. The number of rotatable bonds is 4. The van der Waals surface area contributed by atoms with Crippen molar-refractivity contribution in [3.63, 3.8) is 0 Å². The van der Waals surface area contributed by atoms with Crippen LogP contribution in [0.25, 0.3) is 5.69 Å². The maximum atomic E-state index is 13.1. The van der Waals surface area contributed by atoms with Crippen molar-refractivity contribution in [2.45, 2.75) is 0 Å². The Labute approximate surface area is 149 Å². The normalized spacial score (nSPS) is 11.0. The van der Waals surface area contributed by atoms with Gasteiger partial charge in [-0.25, -0.2) is 13.8 Å². The van der Waals surface area contributed by atoms with Crippen molar-refractivity contribution in [3.8, 4) is 11.6 Å². The van der Waals surface area contributed by atoms with E-state index in [4.69, 9.17) is 0 Å². The molecule has 3 rings (SSSR count).